The van der Waals surface area contributed by atoms with Crippen LogP contribution < -0.4 is 5.32 Å². The lowest BCUT2D eigenvalue weighted by molar-refractivity contribution is -0.137. The third-order valence-corrected chi connectivity index (χ3v) is 3.45. The van der Waals surface area contributed by atoms with Crippen molar-refractivity contribution in [2.45, 2.75) is 25.1 Å². The predicted octanol–water partition coefficient (Wildman–Crippen LogP) is 3.87. The van der Waals surface area contributed by atoms with Crippen LogP contribution in [0, 0.1) is 0 Å². The Labute approximate surface area is 122 Å². The van der Waals surface area contributed by atoms with Crippen LogP contribution in [0.2, 0.25) is 5.02 Å². The summed E-state index contributed by atoms with van der Waals surface area (Å²) >= 11 is 5.84. The van der Waals surface area contributed by atoms with E-state index in [2.05, 4.69) is 5.32 Å². The molecule has 0 bridgehead atoms. The van der Waals surface area contributed by atoms with Crippen LogP contribution in [-0.4, -0.2) is 38.3 Å². The van der Waals surface area contributed by atoms with Gasteiger partial charge in [-0.3, -0.25) is 0 Å². The van der Waals surface area contributed by atoms with Crippen LogP contribution in [0.1, 0.15) is 24.4 Å². The summed E-state index contributed by atoms with van der Waals surface area (Å²) in [6.45, 7) is 0.630. The van der Waals surface area contributed by atoms with Gasteiger partial charge in [-0.05, 0) is 44.8 Å². The monoisotopic (exact) mass is 308 g/mol. The molecule has 0 aliphatic rings. The molecular formula is C14H20ClF3N2. The molecule has 1 unspecified atom stereocenters. The van der Waals surface area contributed by atoms with E-state index in [1.54, 1.807) is 11.9 Å². The fraction of sp³-hybridized carbons (Fsp3) is 0.571. The Morgan fingerprint density at radius 2 is 1.80 bits per heavy atom. The zero-order valence-corrected chi connectivity index (χ0v) is 12.4. The number of rotatable bonds is 7. The summed E-state index contributed by atoms with van der Waals surface area (Å²) in [4.78, 5) is 1.70. The van der Waals surface area contributed by atoms with Crippen molar-refractivity contribution in [1.82, 2.24) is 10.2 Å². The summed E-state index contributed by atoms with van der Waals surface area (Å²) in [6, 6.07) is 7.60. The van der Waals surface area contributed by atoms with Gasteiger partial charge in [-0.25, -0.2) is 0 Å². The first kappa shape index (κ1) is 17.3. The van der Waals surface area contributed by atoms with Gasteiger partial charge in [0.25, 0.3) is 0 Å². The average Bonchev–Trinajstić information content (AvgIpc) is 2.38. The summed E-state index contributed by atoms with van der Waals surface area (Å²) in [5.41, 5.74) is 1.08. The Balaban J connectivity index is 2.43. The molecule has 1 aromatic carbocycles. The molecule has 2 nitrogen and oxygen atoms in total. The number of hydrogen-bond acceptors (Lipinski definition) is 2. The van der Waals surface area contributed by atoms with E-state index in [4.69, 9.17) is 11.6 Å². The molecule has 1 rings (SSSR count). The molecule has 0 saturated carbocycles. The highest BCUT2D eigenvalue weighted by Gasteiger charge is 2.27. The van der Waals surface area contributed by atoms with Crippen molar-refractivity contribution in [2.75, 3.05) is 27.2 Å². The molecule has 0 spiro atoms. The zero-order chi connectivity index (χ0) is 15.2. The molecule has 0 heterocycles. The highest BCUT2D eigenvalue weighted by atomic mass is 35.5. The molecule has 0 aromatic heterocycles. The van der Waals surface area contributed by atoms with E-state index in [0.717, 1.165) is 12.0 Å². The van der Waals surface area contributed by atoms with E-state index in [-0.39, 0.29) is 12.6 Å². The molecule has 20 heavy (non-hydrogen) atoms. The van der Waals surface area contributed by atoms with Gasteiger partial charge in [0.15, 0.2) is 0 Å². The maximum absolute atomic E-state index is 12.1. The molecule has 0 fully saturated rings. The van der Waals surface area contributed by atoms with Crippen molar-refractivity contribution in [2.24, 2.45) is 0 Å². The third kappa shape index (κ3) is 6.59. The second-order valence-corrected chi connectivity index (χ2v) is 5.29. The molecule has 1 N–H and O–H groups in total. The number of hydrogen-bond donors (Lipinski definition) is 1. The number of benzene rings is 1. The van der Waals surface area contributed by atoms with Gasteiger partial charge in [-0.1, -0.05) is 23.7 Å². The van der Waals surface area contributed by atoms with Crippen molar-refractivity contribution in [3.05, 3.63) is 34.9 Å². The first-order valence-electron chi connectivity index (χ1n) is 6.50. The number of nitrogens with one attached hydrogen (secondary N) is 1. The molecule has 114 valence electrons. The van der Waals surface area contributed by atoms with Crippen LogP contribution in [0.5, 0.6) is 0 Å². The van der Waals surface area contributed by atoms with Gasteiger partial charge in [-0.15, -0.1) is 0 Å². The fourth-order valence-electron chi connectivity index (χ4n) is 1.95. The van der Waals surface area contributed by atoms with Gasteiger partial charge in [0.05, 0.1) is 6.42 Å². The highest BCUT2D eigenvalue weighted by Crippen LogP contribution is 2.21. The zero-order valence-electron chi connectivity index (χ0n) is 11.7. The number of halogens is 4. The minimum Gasteiger partial charge on any atom is -0.313 e. The minimum atomic E-state index is -4.09. The average molecular weight is 309 g/mol. The van der Waals surface area contributed by atoms with Crippen LogP contribution in [0.4, 0.5) is 13.2 Å². The van der Waals surface area contributed by atoms with E-state index < -0.39 is 12.6 Å². The largest absolute Gasteiger partial charge is 0.390 e. The lowest BCUT2D eigenvalue weighted by atomic mass is 10.0. The molecule has 0 radical (unpaired) electrons. The molecule has 1 aromatic rings. The van der Waals surface area contributed by atoms with Gasteiger partial charge in [0, 0.05) is 17.6 Å². The molecule has 0 amide bonds. The number of alkyl halides is 3. The summed E-state index contributed by atoms with van der Waals surface area (Å²) in [5.74, 6) is 0. The van der Waals surface area contributed by atoms with Crippen molar-refractivity contribution >= 4 is 11.6 Å². The van der Waals surface area contributed by atoms with Crippen molar-refractivity contribution in [3.8, 4) is 0 Å². The normalized spacial score (nSPS) is 13.8. The Morgan fingerprint density at radius 3 is 2.30 bits per heavy atom. The smallest absolute Gasteiger partial charge is 0.313 e. The lowest BCUT2D eigenvalue weighted by Gasteiger charge is -2.22. The maximum Gasteiger partial charge on any atom is 0.390 e. The van der Waals surface area contributed by atoms with Crippen LogP contribution in [0.15, 0.2) is 24.3 Å². The van der Waals surface area contributed by atoms with Crippen LogP contribution in [0.3, 0.4) is 0 Å². The summed E-state index contributed by atoms with van der Waals surface area (Å²) in [6.07, 6.45) is -4.12. The van der Waals surface area contributed by atoms with Crippen molar-refractivity contribution in [3.63, 3.8) is 0 Å². The molecule has 1 atom stereocenters. The quantitative estimate of drug-likeness (QED) is 0.822. The van der Waals surface area contributed by atoms with E-state index >= 15 is 0 Å². The van der Waals surface area contributed by atoms with Gasteiger partial charge >= 0.3 is 6.18 Å². The lowest BCUT2D eigenvalue weighted by Crippen LogP contribution is -2.28. The Bertz CT molecular complexity index is 392. The maximum atomic E-state index is 12.1. The van der Waals surface area contributed by atoms with E-state index in [0.29, 0.717) is 11.6 Å². The molecule has 0 aliphatic heterocycles. The Hall–Kier alpha value is -0.780. The topological polar surface area (TPSA) is 15.3 Å². The van der Waals surface area contributed by atoms with E-state index in [1.807, 2.05) is 31.3 Å². The molecule has 0 aliphatic carbocycles. The van der Waals surface area contributed by atoms with Gasteiger partial charge in [0.1, 0.15) is 0 Å². The Kier molecular flexibility index (Phi) is 6.79. The molecule has 6 heteroatoms. The van der Waals surface area contributed by atoms with Crippen LogP contribution >= 0.6 is 11.6 Å². The van der Waals surface area contributed by atoms with E-state index in [1.165, 1.54) is 0 Å². The van der Waals surface area contributed by atoms with Crippen LogP contribution in [0.25, 0.3) is 0 Å². The van der Waals surface area contributed by atoms with Crippen LogP contribution in [-0.2, 0) is 0 Å². The second kappa shape index (κ2) is 7.86. The number of nitrogens with zero attached hydrogens (tertiary/aromatic N) is 1. The van der Waals surface area contributed by atoms with Crippen molar-refractivity contribution < 1.29 is 13.2 Å². The molecular weight excluding hydrogens is 289 g/mol. The minimum absolute atomic E-state index is 0.0283. The van der Waals surface area contributed by atoms with Gasteiger partial charge in [0.2, 0.25) is 0 Å². The van der Waals surface area contributed by atoms with Gasteiger partial charge < -0.3 is 10.2 Å². The van der Waals surface area contributed by atoms with Gasteiger partial charge in [-0.2, -0.15) is 13.2 Å². The summed E-state index contributed by atoms with van der Waals surface area (Å²) in [7, 11) is 3.55. The Morgan fingerprint density at radius 1 is 1.20 bits per heavy atom. The third-order valence-electron chi connectivity index (χ3n) is 3.20. The second-order valence-electron chi connectivity index (χ2n) is 4.85. The predicted molar refractivity (Wildman–Crippen MR) is 76.0 cm³/mol. The van der Waals surface area contributed by atoms with Crippen molar-refractivity contribution in [1.29, 1.82) is 0 Å². The first-order chi connectivity index (χ1) is 9.31. The highest BCUT2D eigenvalue weighted by molar-refractivity contribution is 6.30. The SMILES string of the molecule is CNC(CCN(C)CCC(F)(F)F)c1ccc(Cl)cc1. The standard InChI is InChI=1S/C14H20ClF3N2/c1-19-13(11-3-5-12(15)6-4-11)7-9-20(2)10-8-14(16,17)18/h3-6,13,19H,7-10H2,1-2H3. The first-order valence-corrected chi connectivity index (χ1v) is 6.87. The summed E-state index contributed by atoms with van der Waals surface area (Å²) < 4.78 is 36.4. The fourth-order valence-corrected chi connectivity index (χ4v) is 2.08. The molecule has 0 saturated heterocycles. The van der Waals surface area contributed by atoms with E-state index in [9.17, 15) is 13.2 Å². The summed E-state index contributed by atoms with van der Waals surface area (Å²) in [5, 5.41) is 3.85.